The number of hydrogen-bond donors (Lipinski definition) is 1. The lowest BCUT2D eigenvalue weighted by atomic mass is 9.88. The van der Waals surface area contributed by atoms with Crippen LogP contribution in [0, 0.1) is 0 Å². The van der Waals surface area contributed by atoms with Gasteiger partial charge in [0.25, 0.3) is 5.91 Å². The molecule has 1 heterocycles. The monoisotopic (exact) mass is 662 g/mol. The summed E-state index contributed by atoms with van der Waals surface area (Å²) in [6.07, 6.45) is 32.0. The van der Waals surface area contributed by atoms with Gasteiger partial charge in [0.05, 0.1) is 6.67 Å². The molecular weight excluding hydrogens is 590 g/mol. The van der Waals surface area contributed by atoms with Gasteiger partial charge in [0.15, 0.2) is 0 Å². The van der Waals surface area contributed by atoms with Crippen LogP contribution in [0.1, 0.15) is 180 Å². The SMILES string of the molecule is CCCCCCCCCCCCCCN(CCCCCCCCCCCCCC)CN1C(=O)NC(C)(c2cccc3ccccc23)C1=O. The van der Waals surface area contributed by atoms with E-state index in [0.717, 1.165) is 42.3 Å². The Balaban J connectivity index is 1.45. The summed E-state index contributed by atoms with van der Waals surface area (Å²) in [5.41, 5.74) is -0.190. The van der Waals surface area contributed by atoms with Crippen LogP contribution in [0.5, 0.6) is 0 Å². The molecule has 1 fully saturated rings. The predicted molar refractivity (Wildman–Crippen MR) is 205 cm³/mol. The maximum Gasteiger partial charge on any atom is 0.326 e. The molecule has 3 rings (SSSR count). The summed E-state index contributed by atoms with van der Waals surface area (Å²) >= 11 is 0. The van der Waals surface area contributed by atoms with Crippen LogP contribution in [0.25, 0.3) is 10.8 Å². The van der Waals surface area contributed by atoms with Crippen molar-refractivity contribution in [3.05, 3.63) is 48.0 Å². The highest BCUT2D eigenvalue weighted by atomic mass is 16.2. The zero-order chi connectivity index (χ0) is 34.3. The van der Waals surface area contributed by atoms with Crippen molar-refractivity contribution >= 4 is 22.7 Å². The maximum absolute atomic E-state index is 14.0. The maximum atomic E-state index is 14.0. The van der Waals surface area contributed by atoms with Crippen LogP contribution in [0.2, 0.25) is 0 Å². The van der Waals surface area contributed by atoms with E-state index in [0.29, 0.717) is 6.67 Å². The minimum atomic E-state index is -1.06. The van der Waals surface area contributed by atoms with Crippen LogP contribution in [-0.2, 0) is 10.3 Å². The van der Waals surface area contributed by atoms with E-state index in [1.807, 2.05) is 37.3 Å². The number of rotatable bonds is 29. The summed E-state index contributed by atoms with van der Waals surface area (Å²) in [6, 6.07) is 13.9. The van der Waals surface area contributed by atoms with Crippen LogP contribution in [-0.4, -0.2) is 41.5 Å². The third-order valence-corrected chi connectivity index (χ3v) is 10.6. The lowest BCUT2D eigenvalue weighted by Crippen LogP contribution is -2.44. The summed E-state index contributed by atoms with van der Waals surface area (Å²) in [7, 11) is 0. The quantitative estimate of drug-likeness (QED) is 0.0697. The van der Waals surface area contributed by atoms with Crippen molar-refractivity contribution in [3.8, 4) is 0 Å². The standard InChI is InChI=1S/C43H71N3O2/c1-4-6-8-10-12-14-16-18-20-22-24-28-35-45(36-29-25-23-21-19-17-15-13-11-9-7-5-2)37-46-41(47)43(3,44-42(46)48)40-34-30-32-38-31-26-27-33-39(38)40/h26-27,30-34H,4-25,28-29,35-37H2,1-3H3,(H,44,48). The van der Waals surface area contributed by atoms with Gasteiger partial charge in [0.2, 0.25) is 0 Å². The molecule has 0 radical (unpaired) electrons. The van der Waals surface area contributed by atoms with Gasteiger partial charge in [0.1, 0.15) is 5.54 Å². The molecule has 270 valence electrons. The largest absolute Gasteiger partial charge is 0.326 e. The van der Waals surface area contributed by atoms with E-state index in [4.69, 9.17) is 0 Å². The zero-order valence-electron chi connectivity index (χ0n) is 31.3. The Morgan fingerprint density at radius 3 is 1.46 bits per heavy atom. The van der Waals surface area contributed by atoms with Crippen molar-refractivity contribution < 1.29 is 9.59 Å². The molecule has 1 aliphatic rings. The molecule has 5 heteroatoms. The third-order valence-electron chi connectivity index (χ3n) is 10.6. The highest BCUT2D eigenvalue weighted by Crippen LogP contribution is 2.34. The predicted octanol–water partition coefficient (Wildman–Crippen LogP) is 12.3. The second-order valence-electron chi connectivity index (χ2n) is 14.9. The van der Waals surface area contributed by atoms with E-state index >= 15 is 0 Å². The van der Waals surface area contributed by atoms with Crippen molar-refractivity contribution in [2.75, 3.05) is 19.8 Å². The average molecular weight is 662 g/mol. The summed E-state index contributed by atoms with van der Waals surface area (Å²) in [5, 5.41) is 5.18. The smallest absolute Gasteiger partial charge is 0.319 e. The number of benzene rings is 2. The summed E-state index contributed by atoms with van der Waals surface area (Å²) in [5.74, 6) is -0.141. The number of hydrogen-bond acceptors (Lipinski definition) is 3. The van der Waals surface area contributed by atoms with Gasteiger partial charge in [-0.3, -0.25) is 9.69 Å². The third kappa shape index (κ3) is 13.8. The summed E-state index contributed by atoms with van der Waals surface area (Å²) in [6.45, 7) is 8.69. The molecule has 1 unspecified atom stereocenters. The molecule has 5 nitrogen and oxygen atoms in total. The first-order valence-electron chi connectivity index (χ1n) is 20.4. The topological polar surface area (TPSA) is 52.6 Å². The number of amides is 3. The molecule has 1 atom stereocenters. The summed E-state index contributed by atoms with van der Waals surface area (Å²) in [4.78, 5) is 31.2. The van der Waals surface area contributed by atoms with Crippen molar-refractivity contribution in [2.45, 2.75) is 180 Å². The van der Waals surface area contributed by atoms with Crippen LogP contribution in [0.15, 0.2) is 42.5 Å². The Hall–Kier alpha value is -2.40. The molecular formula is C43H71N3O2. The normalized spacial score (nSPS) is 16.5. The minimum Gasteiger partial charge on any atom is -0.319 e. The Kier molecular flexibility index (Phi) is 19.9. The minimum absolute atomic E-state index is 0.141. The second-order valence-corrected chi connectivity index (χ2v) is 14.9. The van der Waals surface area contributed by atoms with E-state index in [2.05, 4.69) is 36.2 Å². The Labute approximate surface area is 295 Å². The van der Waals surface area contributed by atoms with Gasteiger partial charge in [-0.05, 0) is 49.2 Å². The van der Waals surface area contributed by atoms with E-state index < -0.39 is 5.54 Å². The van der Waals surface area contributed by atoms with E-state index in [1.54, 1.807) is 0 Å². The molecule has 0 aliphatic carbocycles. The van der Waals surface area contributed by atoms with Crippen molar-refractivity contribution in [2.24, 2.45) is 0 Å². The van der Waals surface area contributed by atoms with Gasteiger partial charge < -0.3 is 5.32 Å². The van der Waals surface area contributed by atoms with Crippen molar-refractivity contribution in [1.82, 2.24) is 15.1 Å². The van der Waals surface area contributed by atoms with Gasteiger partial charge in [-0.2, -0.15) is 0 Å². The molecule has 48 heavy (non-hydrogen) atoms. The Bertz CT molecular complexity index is 1130. The van der Waals surface area contributed by atoms with Crippen LogP contribution < -0.4 is 5.32 Å². The first-order valence-corrected chi connectivity index (χ1v) is 20.4. The fourth-order valence-corrected chi connectivity index (χ4v) is 7.48. The number of imide groups is 1. The van der Waals surface area contributed by atoms with E-state index in [-0.39, 0.29) is 11.9 Å². The molecule has 0 bridgehead atoms. The lowest BCUT2D eigenvalue weighted by molar-refractivity contribution is -0.132. The lowest BCUT2D eigenvalue weighted by Gasteiger charge is -2.28. The molecule has 0 aromatic heterocycles. The Morgan fingerprint density at radius 1 is 0.562 bits per heavy atom. The van der Waals surface area contributed by atoms with Gasteiger partial charge in [-0.25, -0.2) is 9.69 Å². The molecule has 0 spiro atoms. The van der Waals surface area contributed by atoms with Crippen LogP contribution >= 0.6 is 0 Å². The summed E-state index contributed by atoms with van der Waals surface area (Å²) < 4.78 is 0. The fourth-order valence-electron chi connectivity index (χ4n) is 7.48. The number of fused-ring (bicyclic) bond motifs is 1. The number of carbonyl (C=O) groups is 2. The van der Waals surface area contributed by atoms with Gasteiger partial charge in [-0.15, -0.1) is 0 Å². The first-order chi connectivity index (χ1) is 23.5. The molecule has 2 aromatic rings. The number of urea groups is 1. The van der Waals surface area contributed by atoms with Crippen LogP contribution in [0.3, 0.4) is 0 Å². The highest BCUT2D eigenvalue weighted by Gasteiger charge is 2.49. The molecule has 1 aliphatic heterocycles. The van der Waals surface area contributed by atoms with E-state index in [1.165, 1.54) is 146 Å². The van der Waals surface area contributed by atoms with Crippen molar-refractivity contribution in [1.29, 1.82) is 0 Å². The molecule has 3 amide bonds. The highest BCUT2D eigenvalue weighted by molar-refractivity contribution is 6.09. The first kappa shape index (κ1) is 40.0. The van der Waals surface area contributed by atoms with E-state index in [9.17, 15) is 9.59 Å². The van der Waals surface area contributed by atoms with Crippen molar-refractivity contribution in [3.63, 3.8) is 0 Å². The van der Waals surface area contributed by atoms with Gasteiger partial charge in [0, 0.05) is 0 Å². The Morgan fingerprint density at radius 2 is 0.979 bits per heavy atom. The van der Waals surface area contributed by atoms with Gasteiger partial charge >= 0.3 is 6.03 Å². The number of nitrogens with one attached hydrogen (secondary N) is 1. The second kappa shape index (κ2) is 23.9. The number of nitrogens with zero attached hydrogens (tertiary/aromatic N) is 2. The number of unbranched alkanes of at least 4 members (excludes halogenated alkanes) is 22. The molecule has 0 saturated carbocycles. The zero-order valence-corrected chi connectivity index (χ0v) is 31.3. The van der Waals surface area contributed by atoms with Gasteiger partial charge in [-0.1, -0.05) is 198 Å². The fraction of sp³-hybridized carbons (Fsp3) is 0.721. The molecule has 1 saturated heterocycles. The molecule has 1 N–H and O–H groups in total. The van der Waals surface area contributed by atoms with Crippen LogP contribution in [0.4, 0.5) is 4.79 Å². The average Bonchev–Trinajstić information content (AvgIpc) is 3.31. The number of carbonyl (C=O) groups excluding carboxylic acids is 2. The molecule has 2 aromatic carbocycles.